The first-order chi connectivity index (χ1) is 11.6. The molecule has 3 nitrogen and oxygen atoms in total. The summed E-state index contributed by atoms with van der Waals surface area (Å²) in [6.07, 6.45) is 0.498. The van der Waals surface area contributed by atoms with Crippen molar-refractivity contribution < 1.29 is 9.53 Å². The van der Waals surface area contributed by atoms with E-state index in [1.807, 2.05) is 32.0 Å². The number of carbonyl (C=O) groups excluding carboxylic acids is 1. The van der Waals surface area contributed by atoms with Crippen LogP contribution in [0.4, 0.5) is 5.69 Å². The second kappa shape index (κ2) is 7.73. The molecule has 0 unspecified atom stereocenters. The molecule has 0 bridgehead atoms. The van der Waals surface area contributed by atoms with Crippen molar-refractivity contribution in [3.8, 4) is 5.75 Å². The molecule has 0 aliphatic heterocycles. The smallest absolute Gasteiger partial charge is 0.224 e. The summed E-state index contributed by atoms with van der Waals surface area (Å²) in [4.78, 5) is 12.2. The summed E-state index contributed by atoms with van der Waals surface area (Å²) < 4.78 is 5.94. The maximum atomic E-state index is 12.2. The van der Waals surface area contributed by atoms with Crippen molar-refractivity contribution in [2.24, 2.45) is 5.41 Å². The first kappa shape index (κ1) is 19.0. The summed E-state index contributed by atoms with van der Waals surface area (Å²) in [7, 11) is 0. The molecule has 0 saturated heterocycles. The number of benzene rings is 2. The molecule has 2 aromatic rings. The van der Waals surface area contributed by atoms with Crippen LogP contribution in [0.1, 0.15) is 49.4 Å². The molecule has 134 valence electrons. The molecule has 0 aliphatic carbocycles. The number of rotatable bonds is 5. The standard InChI is InChI=1S/C22H29NO2/c1-15-8-7-9-18(10-15)14-25-19-11-16(2)21(17(3)12-19)23-20(24)13-22(4,5)6/h7-12H,13-14H2,1-6H3,(H,23,24). The molecular formula is C22H29NO2. The average Bonchev–Trinajstić information content (AvgIpc) is 2.47. The zero-order chi connectivity index (χ0) is 18.6. The molecule has 2 aromatic carbocycles. The van der Waals surface area contributed by atoms with Gasteiger partial charge in [-0.15, -0.1) is 0 Å². The molecule has 2 rings (SSSR count). The van der Waals surface area contributed by atoms with Gasteiger partial charge in [0.1, 0.15) is 12.4 Å². The molecule has 25 heavy (non-hydrogen) atoms. The minimum Gasteiger partial charge on any atom is -0.489 e. The number of amides is 1. The Hall–Kier alpha value is -2.29. The van der Waals surface area contributed by atoms with Crippen LogP contribution in [0, 0.1) is 26.2 Å². The lowest BCUT2D eigenvalue weighted by molar-refractivity contribution is -0.117. The molecule has 0 aliphatic rings. The fourth-order valence-corrected chi connectivity index (χ4v) is 2.84. The highest BCUT2D eigenvalue weighted by Gasteiger charge is 2.17. The van der Waals surface area contributed by atoms with Gasteiger partial charge in [-0.1, -0.05) is 50.6 Å². The van der Waals surface area contributed by atoms with E-state index in [2.05, 4.69) is 51.2 Å². The van der Waals surface area contributed by atoms with Crippen LogP contribution in [-0.2, 0) is 11.4 Å². The molecule has 0 atom stereocenters. The molecule has 1 N–H and O–H groups in total. The van der Waals surface area contributed by atoms with Gasteiger partial charge in [-0.25, -0.2) is 0 Å². The fraction of sp³-hybridized carbons (Fsp3) is 0.409. The topological polar surface area (TPSA) is 38.3 Å². The number of ether oxygens (including phenoxy) is 1. The van der Waals surface area contributed by atoms with E-state index in [1.54, 1.807) is 0 Å². The first-order valence-electron chi connectivity index (χ1n) is 8.73. The Balaban J connectivity index is 2.07. The van der Waals surface area contributed by atoms with Gasteiger partial charge in [-0.3, -0.25) is 4.79 Å². The molecule has 0 saturated carbocycles. The molecule has 0 aromatic heterocycles. The van der Waals surface area contributed by atoms with Crippen LogP contribution in [0.25, 0.3) is 0 Å². The molecule has 1 amide bonds. The van der Waals surface area contributed by atoms with Gasteiger partial charge in [-0.05, 0) is 55.0 Å². The minimum absolute atomic E-state index is 0.0250. The van der Waals surface area contributed by atoms with Gasteiger partial charge in [0.25, 0.3) is 0 Å². The van der Waals surface area contributed by atoms with E-state index >= 15 is 0 Å². The lowest BCUT2D eigenvalue weighted by atomic mass is 9.92. The third kappa shape index (κ3) is 5.93. The molecule has 0 fully saturated rings. The highest BCUT2D eigenvalue weighted by Crippen LogP contribution is 2.28. The Morgan fingerprint density at radius 3 is 2.24 bits per heavy atom. The lowest BCUT2D eigenvalue weighted by Crippen LogP contribution is -2.20. The third-order valence-corrected chi connectivity index (χ3v) is 3.95. The third-order valence-electron chi connectivity index (χ3n) is 3.95. The molecule has 0 heterocycles. The monoisotopic (exact) mass is 339 g/mol. The van der Waals surface area contributed by atoms with E-state index in [-0.39, 0.29) is 11.3 Å². The Bertz CT molecular complexity index is 734. The highest BCUT2D eigenvalue weighted by atomic mass is 16.5. The maximum Gasteiger partial charge on any atom is 0.224 e. The number of hydrogen-bond acceptors (Lipinski definition) is 2. The lowest BCUT2D eigenvalue weighted by Gasteiger charge is -2.19. The van der Waals surface area contributed by atoms with Crippen LogP contribution in [-0.4, -0.2) is 5.91 Å². The first-order valence-corrected chi connectivity index (χ1v) is 8.73. The van der Waals surface area contributed by atoms with Gasteiger partial charge in [0.15, 0.2) is 0 Å². The van der Waals surface area contributed by atoms with Gasteiger partial charge in [0, 0.05) is 12.1 Å². The van der Waals surface area contributed by atoms with E-state index in [0.717, 1.165) is 28.1 Å². The normalized spacial score (nSPS) is 11.3. The predicted octanol–water partition coefficient (Wildman–Crippen LogP) is 5.57. The summed E-state index contributed by atoms with van der Waals surface area (Å²) in [5, 5.41) is 3.05. The van der Waals surface area contributed by atoms with Crippen LogP contribution >= 0.6 is 0 Å². The van der Waals surface area contributed by atoms with E-state index in [0.29, 0.717) is 13.0 Å². The largest absolute Gasteiger partial charge is 0.489 e. The maximum absolute atomic E-state index is 12.2. The second-order valence-corrected chi connectivity index (χ2v) is 8.00. The quantitative estimate of drug-likeness (QED) is 0.774. The Morgan fingerprint density at radius 2 is 1.68 bits per heavy atom. The van der Waals surface area contributed by atoms with Crippen LogP contribution in [0.2, 0.25) is 0 Å². The van der Waals surface area contributed by atoms with Gasteiger partial charge in [0.2, 0.25) is 5.91 Å². The number of anilines is 1. The SMILES string of the molecule is Cc1cccc(COc2cc(C)c(NC(=O)CC(C)(C)C)c(C)c2)c1. The fourth-order valence-electron chi connectivity index (χ4n) is 2.84. The Morgan fingerprint density at radius 1 is 1.04 bits per heavy atom. The van der Waals surface area contributed by atoms with E-state index in [4.69, 9.17) is 4.74 Å². The second-order valence-electron chi connectivity index (χ2n) is 8.00. The zero-order valence-electron chi connectivity index (χ0n) is 16.2. The van der Waals surface area contributed by atoms with E-state index < -0.39 is 0 Å². The van der Waals surface area contributed by atoms with Crippen molar-refractivity contribution >= 4 is 11.6 Å². The molecule has 0 spiro atoms. The molecule has 0 radical (unpaired) electrons. The summed E-state index contributed by atoms with van der Waals surface area (Å²) >= 11 is 0. The number of aryl methyl sites for hydroxylation is 3. The van der Waals surface area contributed by atoms with Gasteiger partial charge < -0.3 is 10.1 Å². The van der Waals surface area contributed by atoms with Crippen LogP contribution in [0.5, 0.6) is 5.75 Å². The minimum atomic E-state index is -0.0250. The van der Waals surface area contributed by atoms with Gasteiger partial charge >= 0.3 is 0 Å². The van der Waals surface area contributed by atoms with Crippen LogP contribution < -0.4 is 10.1 Å². The summed E-state index contributed by atoms with van der Waals surface area (Å²) in [6.45, 7) is 12.8. The number of nitrogens with one attached hydrogen (secondary N) is 1. The molecular weight excluding hydrogens is 310 g/mol. The van der Waals surface area contributed by atoms with E-state index in [9.17, 15) is 4.79 Å². The van der Waals surface area contributed by atoms with E-state index in [1.165, 1.54) is 5.56 Å². The zero-order valence-corrected chi connectivity index (χ0v) is 16.2. The highest BCUT2D eigenvalue weighted by molar-refractivity contribution is 5.92. The predicted molar refractivity (Wildman–Crippen MR) is 104 cm³/mol. The van der Waals surface area contributed by atoms with Crippen molar-refractivity contribution in [1.29, 1.82) is 0 Å². The van der Waals surface area contributed by atoms with Crippen molar-refractivity contribution in [2.45, 2.75) is 54.6 Å². The van der Waals surface area contributed by atoms with Crippen LogP contribution in [0.15, 0.2) is 36.4 Å². The Labute approximate surface area is 151 Å². The van der Waals surface area contributed by atoms with Crippen molar-refractivity contribution in [3.05, 3.63) is 58.7 Å². The van der Waals surface area contributed by atoms with Crippen molar-refractivity contribution in [2.75, 3.05) is 5.32 Å². The number of hydrogen-bond donors (Lipinski definition) is 1. The van der Waals surface area contributed by atoms with Crippen molar-refractivity contribution in [1.82, 2.24) is 0 Å². The summed E-state index contributed by atoms with van der Waals surface area (Å²) in [5.41, 5.74) is 5.27. The van der Waals surface area contributed by atoms with Crippen LogP contribution in [0.3, 0.4) is 0 Å². The number of carbonyl (C=O) groups is 1. The summed E-state index contributed by atoms with van der Waals surface area (Å²) in [5.74, 6) is 0.873. The van der Waals surface area contributed by atoms with Gasteiger partial charge in [0.05, 0.1) is 0 Å². The average molecular weight is 339 g/mol. The van der Waals surface area contributed by atoms with Crippen molar-refractivity contribution in [3.63, 3.8) is 0 Å². The summed E-state index contributed by atoms with van der Waals surface area (Å²) in [6, 6.07) is 12.3. The van der Waals surface area contributed by atoms with Gasteiger partial charge in [-0.2, -0.15) is 0 Å². The molecule has 3 heteroatoms. The Kier molecular flexibility index (Phi) is 5.89.